The third kappa shape index (κ3) is 6.72. The van der Waals surface area contributed by atoms with Gasteiger partial charge in [-0.15, -0.1) is 0 Å². The number of benzene rings is 1. The lowest BCUT2D eigenvalue weighted by Gasteiger charge is -2.13. The molecule has 1 aromatic carbocycles. The molecule has 110 valence electrons. The zero-order chi connectivity index (χ0) is 14.8. The molecule has 5 nitrogen and oxygen atoms in total. The number of amides is 1. The van der Waals surface area contributed by atoms with Gasteiger partial charge >= 0.3 is 12.1 Å². The number of carboxylic acids is 1. The Bertz CT molecular complexity index is 428. The molecular formula is C13H17NO4S2. The number of carbonyl (C=O) groups excluding carboxylic acids is 1. The van der Waals surface area contributed by atoms with Gasteiger partial charge in [0.2, 0.25) is 0 Å². The van der Waals surface area contributed by atoms with Gasteiger partial charge in [-0.1, -0.05) is 58.8 Å². The molecule has 0 radical (unpaired) electrons. The maximum Gasteiger partial charge on any atom is 0.408 e. The number of ether oxygens (including phenoxy) is 1. The Balaban J connectivity index is 2.36. The fourth-order valence-corrected chi connectivity index (χ4v) is 3.10. The van der Waals surface area contributed by atoms with Gasteiger partial charge in [-0.25, -0.2) is 9.59 Å². The molecule has 1 aromatic rings. The zero-order valence-corrected chi connectivity index (χ0v) is 12.7. The lowest BCUT2D eigenvalue weighted by molar-refractivity contribution is -0.138. The van der Waals surface area contributed by atoms with Gasteiger partial charge in [-0.05, 0) is 5.56 Å². The van der Waals surface area contributed by atoms with Crippen LogP contribution < -0.4 is 5.32 Å². The Morgan fingerprint density at radius 2 is 2.00 bits per heavy atom. The lowest BCUT2D eigenvalue weighted by atomic mass is 10.2. The van der Waals surface area contributed by atoms with Crippen molar-refractivity contribution >= 4 is 33.7 Å². The van der Waals surface area contributed by atoms with E-state index in [1.807, 2.05) is 37.3 Å². The molecule has 0 spiro atoms. The lowest BCUT2D eigenvalue weighted by Crippen LogP contribution is -2.42. The van der Waals surface area contributed by atoms with Crippen molar-refractivity contribution in [2.24, 2.45) is 0 Å². The second-order valence-corrected chi connectivity index (χ2v) is 6.58. The Kier molecular flexibility index (Phi) is 7.98. The van der Waals surface area contributed by atoms with Crippen molar-refractivity contribution in [2.75, 3.05) is 11.5 Å². The summed E-state index contributed by atoms with van der Waals surface area (Å²) < 4.78 is 4.99. The quantitative estimate of drug-likeness (QED) is 0.567. The van der Waals surface area contributed by atoms with E-state index in [1.165, 1.54) is 10.8 Å². The van der Waals surface area contributed by atoms with Crippen LogP contribution in [0, 0.1) is 0 Å². The highest BCUT2D eigenvalue weighted by Gasteiger charge is 2.20. The van der Waals surface area contributed by atoms with Gasteiger partial charge in [0.05, 0.1) is 0 Å². The van der Waals surface area contributed by atoms with E-state index in [2.05, 4.69) is 5.32 Å². The summed E-state index contributed by atoms with van der Waals surface area (Å²) in [6.45, 7) is 2.10. The highest BCUT2D eigenvalue weighted by molar-refractivity contribution is 8.76. The molecule has 1 atom stereocenters. The first-order valence-corrected chi connectivity index (χ1v) is 8.56. The molecule has 2 N–H and O–H groups in total. The van der Waals surface area contributed by atoms with Crippen molar-refractivity contribution in [1.82, 2.24) is 5.32 Å². The number of hydrogen-bond donors (Lipinski definition) is 2. The van der Waals surface area contributed by atoms with Gasteiger partial charge < -0.3 is 15.2 Å². The van der Waals surface area contributed by atoms with Crippen molar-refractivity contribution in [2.45, 2.75) is 19.6 Å². The van der Waals surface area contributed by atoms with Gasteiger partial charge in [0.25, 0.3) is 0 Å². The number of hydrogen-bond acceptors (Lipinski definition) is 5. The van der Waals surface area contributed by atoms with Crippen LogP contribution in [0.2, 0.25) is 0 Å². The summed E-state index contributed by atoms with van der Waals surface area (Å²) in [5.74, 6) is 0.120. The molecule has 1 rings (SSSR count). The molecule has 0 saturated carbocycles. The van der Waals surface area contributed by atoms with Gasteiger partial charge in [0, 0.05) is 11.5 Å². The number of carboxylic acid groups (broad SMARTS) is 1. The minimum atomic E-state index is -1.06. The van der Waals surface area contributed by atoms with Crippen LogP contribution in [0.5, 0.6) is 0 Å². The van der Waals surface area contributed by atoms with E-state index in [0.29, 0.717) is 5.75 Å². The zero-order valence-electron chi connectivity index (χ0n) is 11.1. The summed E-state index contributed by atoms with van der Waals surface area (Å²) in [5, 5.41) is 11.4. The van der Waals surface area contributed by atoms with Crippen molar-refractivity contribution in [3.05, 3.63) is 35.9 Å². The smallest absolute Gasteiger partial charge is 0.408 e. The molecule has 0 saturated heterocycles. The highest BCUT2D eigenvalue weighted by atomic mass is 33.1. The molecule has 0 bridgehead atoms. The number of rotatable bonds is 8. The molecule has 0 heterocycles. The van der Waals surface area contributed by atoms with E-state index in [1.54, 1.807) is 10.8 Å². The van der Waals surface area contributed by atoms with E-state index in [9.17, 15) is 9.59 Å². The van der Waals surface area contributed by atoms with E-state index >= 15 is 0 Å². The number of nitrogens with one attached hydrogen (secondary N) is 1. The van der Waals surface area contributed by atoms with Crippen LogP contribution in [-0.2, 0) is 16.1 Å². The first kappa shape index (κ1) is 16.7. The summed E-state index contributed by atoms with van der Waals surface area (Å²) in [6.07, 6.45) is -0.719. The van der Waals surface area contributed by atoms with Crippen LogP contribution in [0.3, 0.4) is 0 Å². The summed E-state index contributed by atoms with van der Waals surface area (Å²) >= 11 is 0. The Hall–Kier alpha value is -1.34. The van der Waals surface area contributed by atoms with Crippen molar-refractivity contribution in [3.8, 4) is 0 Å². The number of aliphatic carboxylic acids is 1. The Morgan fingerprint density at radius 1 is 1.30 bits per heavy atom. The molecule has 0 aromatic heterocycles. The van der Waals surface area contributed by atoms with Gasteiger partial charge in [-0.2, -0.15) is 0 Å². The molecule has 0 fully saturated rings. The Labute approximate surface area is 125 Å². The van der Waals surface area contributed by atoms with E-state index in [4.69, 9.17) is 9.84 Å². The van der Waals surface area contributed by atoms with Crippen LogP contribution in [0.1, 0.15) is 12.5 Å². The molecule has 0 aliphatic carbocycles. The van der Waals surface area contributed by atoms with Crippen LogP contribution in [0.25, 0.3) is 0 Å². The molecule has 0 aliphatic rings. The summed E-state index contributed by atoms with van der Waals surface area (Å²) in [5.41, 5.74) is 0.852. The predicted octanol–water partition coefficient (Wildman–Crippen LogP) is 2.77. The summed E-state index contributed by atoms with van der Waals surface area (Å²) in [4.78, 5) is 22.6. The topological polar surface area (TPSA) is 75.6 Å². The monoisotopic (exact) mass is 315 g/mol. The number of carbonyl (C=O) groups is 2. The van der Waals surface area contributed by atoms with Gasteiger partial charge in [0.1, 0.15) is 12.6 Å². The van der Waals surface area contributed by atoms with Crippen molar-refractivity contribution in [3.63, 3.8) is 0 Å². The average molecular weight is 315 g/mol. The predicted molar refractivity (Wildman–Crippen MR) is 81.8 cm³/mol. The van der Waals surface area contributed by atoms with Gasteiger partial charge in [-0.3, -0.25) is 0 Å². The maximum atomic E-state index is 11.6. The Morgan fingerprint density at radius 3 is 2.60 bits per heavy atom. The van der Waals surface area contributed by atoms with Gasteiger partial charge in [0.15, 0.2) is 0 Å². The fourth-order valence-electron chi connectivity index (χ4n) is 1.28. The first-order valence-electron chi connectivity index (χ1n) is 6.08. The SMILES string of the molecule is CCSSC[C@H](NC(=O)OCc1ccccc1)C(=O)O. The van der Waals surface area contributed by atoms with E-state index < -0.39 is 18.1 Å². The van der Waals surface area contributed by atoms with Crippen LogP contribution >= 0.6 is 21.6 Å². The maximum absolute atomic E-state index is 11.6. The first-order chi connectivity index (χ1) is 9.63. The highest BCUT2D eigenvalue weighted by Crippen LogP contribution is 2.21. The summed E-state index contributed by atoms with van der Waals surface area (Å²) in [6, 6.07) is 8.27. The molecular weight excluding hydrogens is 298 g/mol. The third-order valence-electron chi connectivity index (χ3n) is 2.24. The molecule has 0 unspecified atom stereocenters. The van der Waals surface area contributed by atoms with Crippen LogP contribution in [-0.4, -0.2) is 34.7 Å². The standard InChI is InChI=1S/C13H17NO4S2/c1-2-19-20-9-11(12(15)16)14-13(17)18-8-10-6-4-3-5-7-10/h3-7,11H,2,8-9H2,1H3,(H,14,17)(H,15,16)/t11-/m0/s1. The second-order valence-electron chi connectivity index (χ2n) is 3.79. The third-order valence-corrected chi connectivity index (χ3v) is 4.73. The van der Waals surface area contributed by atoms with Crippen molar-refractivity contribution < 1.29 is 19.4 Å². The second kappa shape index (κ2) is 9.55. The average Bonchev–Trinajstić information content (AvgIpc) is 2.45. The number of alkyl carbamates (subject to hydrolysis) is 1. The van der Waals surface area contributed by atoms with E-state index in [-0.39, 0.29) is 6.61 Å². The molecule has 1 amide bonds. The largest absolute Gasteiger partial charge is 0.480 e. The van der Waals surface area contributed by atoms with Crippen LogP contribution in [0.15, 0.2) is 30.3 Å². The molecule has 0 aliphatic heterocycles. The minimum Gasteiger partial charge on any atom is -0.480 e. The van der Waals surface area contributed by atoms with Crippen LogP contribution in [0.4, 0.5) is 4.79 Å². The summed E-state index contributed by atoms with van der Waals surface area (Å²) in [7, 11) is 2.96. The fraction of sp³-hybridized carbons (Fsp3) is 0.385. The minimum absolute atomic E-state index is 0.121. The normalized spacial score (nSPS) is 11.7. The van der Waals surface area contributed by atoms with E-state index in [0.717, 1.165) is 11.3 Å². The molecule has 7 heteroatoms. The van der Waals surface area contributed by atoms with Crippen molar-refractivity contribution in [1.29, 1.82) is 0 Å². The molecule has 20 heavy (non-hydrogen) atoms.